The highest BCUT2D eigenvalue weighted by atomic mass is 35.5. The van der Waals surface area contributed by atoms with E-state index in [1.54, 1.807) is 6.07 Å². The molecule has 18 heavy (non-hydrogen) atoms. The van der Waals surface area contributed by atoms with E-state index < -0.39 is 30.4 Å². The van der Waals surface area contributed by atoms with Crippen LogP contribution < -0.4 is 0 Å². The lowest BCUT2D eigenvalue weighted by molar-refractivity contribution is -0.143. The van der Waals surface area contributed by atoms with Crippen molar-refractivity contribution in [2.24, 2.45) is 0 Å². The molecule has 0 radical (unpaired) electrons. The molecule has 96 valence electrons. The quantitative estimate of drug-likeness (QED) is 0.475. The van der Waals surface area contributed by atoms with Crippen LogP contribution in [0.25, 0.3) is 0 Å². The van der Waals surface area contributed by atoms with Crippen molar-refractivity contribution in [3.05, 3.63) is 33.8 Å². The van der Waals surface area contributed by atoms with Gasteiger partial charge in [-0.1, -0.05) is 29.3 Å². The van der Waals surface area contributed by atoms with Gasteiger partial charge in [0, 0.05) is 0 Å². The number of ketones is 2. The van der Waals surface area contributed by atoms with E-state index in [-0.39, 0.29) is 15.6 Å². The molecule has 1 rings (SSSR count). The maximum absolute atomic E-state index is 11.8. The Labute approximate surface area is 114 Å². The molecule has 4 nitrogen and oxygen atoms in total. The zero-order chi connectivity index (χ0) is 13.7. The van der Waals surface area contributed by atoms with Gasteiger partial charge in [-0.25, -0.2) is 0 Å². The van der Waals surface area contributed by atoms with E-state index >= 15 is 0 Å². The van der Waals surface area contributed by atoms with Crippen LogP contribution in [0.5, 0.6) is 0 Å². The monoisotopic (exact) mass is 288 g/mol. The second kappa shape index (κ2) is 6.52. The van der Waals surface area contributed by atoms with Crippen LogP contribution in [0.4, 0.5) is 0 Å². The number of halogens is 2. The summed E-state index contributed by atoms with van der Waals surface area (Å²) in [6.45, 7) is 0. The van der Waals surface area contributed by atoms with E-state index in [0.717, 1.165) is 0 Å². The van der Waals surface area contributed by atoms with Crippen LogP contribution in [-0.4, -0.2) is 24.6 Å². The third kappa shape index (κ3) is 3.82. The molecule has 0 saturated heterocycles. The van der Waals surface area contributed by atoms with Gasteiger partial charge in [-0.05, 0) is 12.1 Å². The van der Waals surface area contributed by atoms with Crippen molar-refractivity contribution < 1.29 is 19.1 Å². The highest BCUT2D eigenvalue weighted by molar-refractivity contribution is 6.40. The highest BCUT2D eigenvalue weighted by Gasteiger charge is 2.19. The fraction of sp³-hybridized carbons (Fsp3) is 0.250. The lowest BCUT2D eigenvalue weighted by Gasteiger charge is -2.05. The van der Waals surface area contributed by atoms with Crippen molar-refractivity contribution in [1.29, 1.82) is 0 Å². The second-order valence-corrected chi connectivity index (χ2v) is 4.30. The number of benzene rings is 1. The van der Waals surface area contributed by atoms with Crippen LogP contribution >= 0.6 is 23.2 Å². The Bertz CT molecular complexity index is 477. The van der Waals surface area contributed by atoms with Gasteiger partial charge in [-0.2, -0.15) is 0 Å². The minimum absolute atomic E-state index is 0.0963. The molecule has 0 bridgehead atoms. The van der Waals surface area contributed by atoms with Crippen molar-refractivity contribution in [1.82, 2.24) is 0 Å². The van der Waals surface area contributed by atoms with Gasteiger partial charge >= 0.3 is 5.97 Å². The fourth-order valence-electron chi connectivity index (χ4n) is 1.33. The van der Waals surface area contributed by atoms with Crippen molar-refractivity contribution in [2.45, 2.75) is 12.8 Å². The molecule has 0 aliphatic rings. The van der Waals surface area contributed by atoms with Gasteiger partial charge in [-0.3, -0.25) is 14.4 Å². The molecule has 0 N–H and O–H groups in total. The van der Waals surface area contributed by atoms with Gasteiger partial charge in [0.2, 0.25) is 0 Å². The summed E-state index contributed by atoms with van der Waals surface area (Å²) in [5, 5.41) is 0.358. The SMILES string of the molecule is COC(=O)CC(=O)CC(=O)c1c(Cl)cccc1Cl. The Morgan fingerprint density at radius 2 is 1.67 bits per heavy atom. The summed E-state index contributed by atoms with van der Waals surface area (Å²) in [5.74, 6) is -1.74. The number of rotatable bonds is 5. The third-order valence-electron chi connectivity index (χ3n) is 2.17. The van der Waals surface area contributed by atoms with Gasteiger partial charge in [0.15, 0.2) is 11.6 Å². The van der Waals surface area contributed by atoms with Crippen LogP contribution in [0.15, 0.2) is 18.2 Å². The van der Waals surface area contributed by atoms with Crippen molar-refractivity contribution >= 4 is 40.7 Å². The maximum Gasteiger partial charge on any atom is 0.313 e. The normalized spacial score (nSPS) is 9.94. The van der Waals surface area contributed by atoms with E-state index in [0.29, 0.717) is 0 Å². The number of esters is 1. The van der Waals surface area contributed by atoms with E-state index in [9.17, 15) is 14.4 Å². The molecule has 0 aliphatic heterocycles. The highest BCUT2D eigenvalue weighted by Crippen LogP contribution is 2.25. The Morgan fingerprint density at radius 3 is 2.17 bits per heavy atom. The van der Waals surface area contributed by atoms with Gasteiger partial charge in [0.05, 0.1) is 29.1 Å². The molecule has 0 fully saturated rings. The van der Waals surface area contributed by atoms with Gasteiger partial charge in [0.25, 0.3) is 0 Å². The molecule has 0 aliphatic carbocycles. The molecule has 0 aromatic heterocycles. The molecule has 6 heteroatoms. The standard InChI is InChI=1S/C12H10Cl2O4/c1-18-11(17)6-7(15)5-10(16)12-8(13)3-2-4-9(12)14/h2-4H,5-6H2,1H3. The predicted molar refractivity (Wildman–Crippen MR) is 67.0 cm³/mol. The Morgan fingerprint density at radius 1 is 1.11 bits per heavy atom. The van der Waals surface area contributed by atoms with E-state index in [4.69, 9.17) is 23.2 Å². The first-order chi connectivity index (χ1) is 8.45. The number of hydrogen-bond donors (Lipinski definition) is 0. The summed E-state index contributed by atoms with van der Waals surface area (Å²) in [4.78, 5) is 34.1. The second-order valence-electron chi connectivity index (χ2n) is 3.49. The topological polar surface area (TPSA) is 60.4 Å². The van der Waals surface area contributed by atoms with Gasteiger partial charge in [-0.15, -0.1) is 0 Å². The molecule has 0 saturated carbocycles. The van der Waals surface area contributed by atoms with Crippen LogP contribution in [0.2, 0.25) is 10.0 Å². The average Bonchev–Trinajstić information content (AvgIpc) is 2.28. The Kier molecular flexibility index (Phi) is 5.31. The van der Waals surface area contributed by atoms with Crippen LogP contribution in [0.1, 0.15) is 23.2 Å². The van der Waals surface area contributed by atoms with E-state index in [2.05, 4.69) is 4.74 Å². The summed E-state index contributed by atoms with van der Waals surface area (Å²) >= 11 is 11.7. The largest absolute Gasteiger partial charge is 0.469 e. The minimum Gasteiger partial charge on any atom is -0.469 e. The van der Waals surface area contributed by atoms with Crippen LogP contribution in [0, 0.1) is 0 Å². The minimum atomic E-state index is -0.682. The first-order valence-corrected chi connectivity index (χ1v) is 5.77. The van der Waals surface area contributed by atoms with Crippen molar-refractivity contribution in [3.8, 4) is 0 Å². The lowest BCUT2D eigenvalue weighted by Crippen LogP contribution is -2.14. The first-order valence-electron chi connectivity index (χ1n) is 5.01. The number of hydrogen-bond acceptors (Lipinski definition) is 4. The molecular formula is C12H10Cl2O4. The molecule has 0 heterocycles. The van der Waals surface area contributed by atoms with E-state index in [1.165, 1.54) is 19.2 Å². The molecular weight excluding hydrogens is 279 g/mol. The number of carbonyl (C=O) groups is 3. The summed E-state index contributed by atoms with van der Waals surface area (Å²) in [5.41, 5.74) is 0.0963. The smallest absolute Gasteiger partial charge is 0.313 e. The summed E-state index contributed by atoms with van der Waals surface area (Å²) in [6, 6.07) is 4.61. The molecule has 1 aromatic carbocycles. The van der Waals surface area contributed by atoms with Gasteiger partial charge in [0.1, 0.15) is 6.42 Å². The predicted octanol–water partition coefficient (Wildman–Crippen LogP) is 2.70. The first kappa shape index (κ1) is 14.7. The fourth-order valence-corrected chi connectivity index (χ4v) is 1.94. The van der Waals surface area contributed by atoms with Crippen LogP contribution in [-0.2, 0) is 14.3 Å². The molecule has 1 aromatic rings. The Hall–Kier alpha value is -1.39. The molecule has 0 spiro atoms. The van der Waals surface area contributed by atoms with Crippen molar-refractivity contribution in [3.63, 3.8) is 0 Å². The summed E-state index contributed by atoms with van der Waals surface area (Å²) in [6.07, 6.45) is -0.872. The summed E-state index contributed by atoms with van der Waals surface area (Å²) in [7, 11) is 1.17. The van der Waals surface area contributed by atoms with Crippen molar-refractivity contribution in [2.75, 3.05) is 7.11 Å². The molecule has 0 unspecified atom stereocenters. The lowest BCUT2D eigenvalue weighted by atomic mass is 10.0. The maximum atomic E-state index is 11.8. The molecule has 0 amide bonds. The zero-order valence-corrected chi connectivity index (χ0v) is 11.0. The number of carbonyl (C=O) groups excluding carboxylic acids is 3. The Balaban J connectivity index is 2.77. The van der Waals surface area contributed by atoms with E-state index in [1.807, 2.05) is 0 Å². The van der Waals surface area contributed by atoms with Crippen LogP contribution in [0.3, 0.4) is 0 Å². The zero-order valence-electron chi connectivity index (χ0n) is 9.54. The number of Topliss-reactive ketones (excluding diaryl/α,β-unsaturated/α-hetero) is 2. The van der Waals surface area contributed by atoms with Gasteiger partial charge < -0.3 is 4.74 Å². The number of methoxy groups -OCH3 is 1. The summed E-state index contributed by atoms with van der Waals surface area (Å²) < 4.78 is 4.33. The third-order valence-corrected chi connectivity index (χ3v) is 2.80. The number of ether oxygens (including phenoxy) is 1. The average molecular weight is 289 g/mol. The molecule has 0 atom stereocenters.